The molecule has 0 saturated carbocycles. The maximum Gasteiger partial charge on any atom is 0.251 e. The van der Waals surface area contributed by atoms with Gasteiger partial charge < -0.3 is 14.6 Å². The fourth-order valence-electron chi connectivity index (χ4n) is 6.20. The number of carbonyl (C=O) groups excluding carboxylic acids is 1. The van der Waals surface area contributed by atoms with Gasteiger partial charge >= 0.3 is 0 Å². The van der Waals surface area contributed by atoms with E-state index in [1.165, 1.54) is 10.7 Å². The zero-order valence-electron chi connectivity index (χ0n) is 24.7. The van der Waals surface area contributed by atoms with Crippen LogP contribution in [0.4, 0.5) is 5.69 Å². The minimum absolute atomic E-state index is 0.0392. The Morgan fingerprint density at radius 1 is 1.00 bits per heavy atom. The average Bonchev–Trinajstić information content (AvgIpc) is 3.82. The quantitative estimate of drug-likeness (QED) is 0.227. The lowest BCUT2D eigenvalue weighted by molar-refractivity contribution is -0.119. The standard InChI is InChI=1S/C32H29Cl3N8O3/c1-18-3-2-4-28(25-11-19(7-9-36-25)31-26(38-32(18)45)14-37-43(31)21-8-10-46-17-21)41-15-24(34)22(13-30(41)44)23-12-20(33)5-6-27(23)42-16-29(35)39-40-42/h5-7,9,11-16,18,21,28H,2-4,8,10,17H2,1H3,(H,38,45)/t18-,21?,28+/m1/s1. The molecule has 1 N–H and O–H groups in total. The lowest BCUT2D eigenvalue weighted by Gasteiger charge is -2.23. The summed E-state index contributed by atoms with van der Waals surface area (Å²) in [5, 5.41) is 16.7. The molecule has 2 bridgehead atoms. The molecule has 1 aromatic carbocycles. The average molecular weight is 680 g/mol. The molecule has 6 heterocycles. The lowest BCUT2D eigenvalue weighted by atomic mass is 9.96. The van der Waals surface area contributed by atoms with E-state index in [1.807, 2.05) is 23.7 Å². The minimum atomic E-state index is -0.448. The zero-order valence-corrected chi connectivity index (χ0v) is 27.0. The molecule has 46 heavy (non-hydrogen) atoms. The molecule has 236 valence electrons. The van der Waals surface area contributed by atoms with Gasteiger partial charge in [0.25, 0.3) is 5.56 Å². The third kappa shape index (κ3) is 5.84. The molecule has 11 nitrogen and oxygen atoms in total. The van der Waals surface area contributed by atoms with Crippen molar-refractivity contribution in [3.05, 3.63) is 92.4 Å². The number of halogens is 3. The fraction of sp³-hybridized carbons (Fsp3) is 0.312. The number of fused-ring (bicyclic) bond motifs is 4. The second-order valence-corrected chi connectivity index (χ2v) is 12.8. The molecular weight excluding hydrogens is 651 g/mol. The first-order valence-corrected chi connectivity index (χ1v) is 16.1. The molecule has 4 aromatic heterocycles. The Bertz CT molecular complexity index is 2000. The van der Waals surface area contributed by atoms with Crippen LogP contribution >= 0.6 is 34.8 Å². The largest absolute Gasteiger partial charge is 0.379 e. The van der Waals surface area contributed by atoms with Crippen molar-refractivity contribution in [2.75, 3.05) is 18.5 Å². The van der Waals surface area contributed by atoms with Gasteiger partial charge in [-0.3, -0.25) is 19.3 Å². The molecule has 1 amide bonds. The summed E-state index contributed by atoms with van der Waals surface area (Å²) >= 11 is 19.4. The highest BCUT2D eigenvalue weighted by molar-refractivity contribution is 6.34. The normalized spacial score (nSPS) is 20.1. The number of anilines is 1. The molecule has 1 unspecified atom stereocenters. The van der Waals surface area contributed by atoms with Crippen LogP contribution in [0, 0.1) is 5.92 Å². The molecule has 0 radical (unpaired) electrons. The molecule has 2 aliphatic rings. The third-order valence-corrected chi connectivity index (χ3v) is 9.30. The van der Waals surface area contributed by atoms with E-state index in [0.717, 1.165) is 17.7 Å². The van der Waals surface area contributed by atoms with Crippen LogP contribution in [0.1, 0.15) is 50.4 Å². The first-order valence-electron chi connectivity index (χ1n) is 15.0. The van der Waals surface area contributed by atoms with E-state index < -0.39 is 6.04 Å². The summed E-state index contributed by atoms with van der Waals surface area (Å²) in [7, 11) is 0. The Morgan fingerprint density at radius 3 is 2.65 bits per heavy atom. The number of benzene rings is 1. The van der Waals surface area contributed by atoms with Crippen molar-refractivity contribution in [3.8, 4) is 28.1 Å². The number of hydrogen-bond donors (Lipinski definition) is 1. The van der Waals surface area contributed by atoms with E-state index in [2.05, 4.69) is 20.7 Å². The van der Waals surface area contributed by atoms with Crippen molar-refractivity contribution < 1.29 is 9.53 Å². The van der Waals surface area contributed by atoms with E-state index in [4.69, 9.17) is 44.5 Å². The number of ether oxygens (including phenoxy) is 1. The second kappa shape index (κ2) is 12.6. The molecular formula is C32H29Cl3N8O3. The number of aromatic nitrogens is 7. The summed E-state index contributed by atoms with van der Waals surface area (Å²) < 4.78 is 10.7. The first kappa shape index (κ1) is 30.6. The van der Waals surface area contributed by atoms with E-state index in [0.29, 0.717) is 70.7 Å². The number of amides is 1. The Morgan fingerprint density at radius 2 is 1.87 bits per heavy atom. The van der Waals surface area contributed by atoms with Crippen LogP contribution in [0.5, 0.6) is 0 Å². The molecule has 2 aliphatic heterocycles. The maximum atomic E-state index is 14.0. The van der Waals surface area contributed by atoms with Crippen LogP contribution in [0.2, 0.25) is 15.2 Å². The van der Waals surface area contributed by atoms with Gasteiger partial charge in [-0.25, -0.2) is 4.68 Å². The SMILES string of the molecule is C[C@@H]1CCC[C@H](n2cc(Cl)c(-c3cc(Cl)ccc3-n3cc(Cl)nn3)cc2=O)c2cc(ccn2)-c2c(cnn2C2CCOC2)NC1=O. The molecule has 1 saturated heterocycles. The van der Waals surface area contributed by atoms with Gasteiger partial charge in [-0.15, -0.1) is 5.10 Å². The first-order chi connectivity index (χ1) is 22.3. The summed E-state index contributed by atoms with van der Waals surface area (Å²) in [6.07, 6.45) is 9.30. The summed E-state index contributed by atoms with van der Waals surface area (Å²) in [5.74, 6) is -0.336. The molecule has 0 aliphatic carbocycles. The van der Waals surface area contributed by atoms with Gasteiger partial charge in [0.05, 0.1) is 58.9 Å². The predicted octanol–water partition coefficient (Wildman–Crippen LogP) is 6.62. The molecule has 1 fully saturated rings. The van der Waals surface area contributed by atoms with Crippen LogP contribution < -0.4 is 10.9 Å². The van der Waals surface area contributed by atoms with Crippen molar-refractivity contribution in [3.63, 3.8) is 0 Å². The zero-order chi connectivity index (χ0) is 31.9. The molecule has 14 heteroatoms. The summed E-state index contributed by atoms with van der Waals surface area (Å²) in [5.41, 5.74) is 4.36. The van der Waals surface area contributed by atoms with Crippen LogP contribution in [0.15, 0.2) is 66.0 Å². The van der Waals surface area contributed by atoms with Crippen LogP contribution in [0.3, 0.4) is 0 Å². The van der Waals surface area contributed by atoms with Gasteiger partial charge in [0.15, 0.2) is 5.15 Å². The van der Waals surface area contributed by atoms with Crippen molar-refractivity contribution in [1.82, 2.24) is 34.3 Å². The Labute approximate surface area is 279 Å². The van der Waals surface area contributed by atoms with Gasteiger partial charge in [-0.05, 0) is 49.6 Å². The van der Waals surface area contributed by atoms with Gasteiger partial charge in [0.2, 0.25) is 5.91 Å². The number of hydrogen-bond acceptors (Lipinski definition) is 7. The number of nitrogens with zero attached hydrogens (tertiary/aromatic N) is 7. The van der Waals surface area contributed by atoms with Gasteiger partial charge in [0, 0.05) is 52.7 Å². The Kier molecular flexibility index (Phi) is 8.41. The predicted molar refractivity (Wildman–Crippen MR) is 176 cm³/mol. The molecule has 7 rings (SSSR count). The molecule has 5 aromatic rings. The highest BCUT2D eigenvalue weighted by Crippen LogP contribution is 2.37. The van der Waals surface area contributed by atoms with Crippen LogP contribution in [0.25, 0.3) is 28.1 Å². The summed E-state index contributed by atoms with van der Waals surface area (Å²) in [6.45, 7) is 3.10. The van der Waals surface area contributed by atoms with Crippen LogP contribution in [-0.2, 0) is 9.53 Å². The van der Waals surface area contributed by atoms with E-state index in [9.17, 15) is 9.59 Å². The molecule has 0 spiro atoms. The van der Waals surface area contributed by atoms with Gasteiger partial charge in [-0.2, -0.15) is 5.10 Å². The summed E-state index contributed by atoms with van der Waals surface area (Å²) in [6, 6.07) is 10.2. The van der Waals surface area contributed by atoms with Crippen molar-refractivity contribution in [2.24, 2.45) is 5.92 Å². The highest BCUT2D eigenvalue weighted by atomic mass is 35.5. The smallest absolute Gasteiger partial charge is 0.251 e. The Hall–Kier alpha value is -4.03. The van der Waals surface area contributed by atoms with E-state index >= 15 is 0 Å². The Balaban J connectivity index is 1.34. The number of carbonyl (C=O) groups is 1. The summed E-state index contributed by atoms with van der Waals surface area (Å²) in [4.78, 5) is 31.9. The van der Waals surface area contributed by atoms with Gasteiger partial charge in [0.1, 0.15) is 0 Å². The number of pyridine rings is 2. The number of rotatable bonds is 4. The van der Waals surface area contributed by atoms with E-state index in [1.54, 1.807) is 47.6 Å². The van der Waals surface area contributed by atoms with Crippen molar-refractivity contribution in [2.45, 2.75) is 44.7 Å². The highest BCUT2D eigenvalue weighted by Gasteiger charge is 2.28. The topological polar surface area (TPSA) is 122 Å². The second-order valence-electron chi connectivity index (χ2n) is 11.6. The van der Waals surface area contributed by atoms with Gasteiger partial charge in [-0.1, -0.05) is 53.4 Å². The lowest BCUT2D eigenvalue weighted by Crippen LogP contribution is -2.27. The van der Waals surface area contributed by atoms with Crippen molar-refractivity contribution in [1.29, 1.82) is 0 Å². The number of nitrogens with one attached hydrogen (secondary N) is 1. The fourth-order valence-corrected chi connectivity index (χ4v) is 6.76. The minimum Gasteiger partial charge on any atom is -0.379 e. The van der Waals surface area contributed by atoms with Crippen molar-refractivity contribution >= 4 is 46.4 Å². The molecule has 3 atom stereocenters. The van der Waals surface area contributed by atoms with Crippen LogP contribution in [-0.4, -0.2) is 53.4 Å². The third-order valence-electron chi connectivity index (χ3n) is 8.59. The monoisotopic (exact) mass is 678 g/mol. The maximum absolute atomic E-state index is 14.0. The van der Waals surface area contributed by atoms with E-state index in [-0.39, 0.29) is 28.6 Å².